The minimum atomic E-state index is -1.08. The third-order valence-corrected chi connectivity index (χ3v) is 29.3. The van der Waals surface area contributed by atoms with Crippen LogP contribution in [0.15, 0.2) is 72.8 Å². The summed E-state index contributed by atoms with van der Waals surface area (Å²) in [5, 5.41) is 26.0. The molecule has 4 saturated heterocycles. The summed E-state index contributed by atoms with van der Waals surface area (Å²) < 4.78 is 90.8. The molecule has 4 aromatic heterocycles. The molecule has 4 aliphatic carbocycles. The summed E-state index contributed by atoms with van der Waals surface area (Å²) in [5.74, 6) is 3.10. The first kappa shape index (κ1) is 103. The van der Waals surface area contributed by atoms with Gasteiger partial charge in [0.1, 0.15) is 103 Å². The third kappa shape index (κ3) is 20.3. The van der Waals surface area contributed by atoms with Crippen LogP contribution in [0.2, 0.25) is 0 Å². The molecule has 4 spiro atoms. The quantitative estimate of drug-likeness (QED) is 0.0847. The predicted molar refractivity (Wildman–Crippen MR) is 523 cm³/mol. The number of likely N-dealkylation sites (tertiary alicyclic amines) is 4. The highest BCUT2D eigenvalue weighted by molar-refractivity contribution is 6.13. The summed E-state index contributed by atoms with van der Waals surface area (Å²) in [6, 6.07) is 18.7. The van der Waals surface area contributed by atoms with Gasteiger partial charge in [-0.05, 0) is 207 Å². The van der Waals surface area contributed by atoms with Gasteiger partial charge in [-0.15, -0.1) is 0 Å². The Labute approximate surface area is 835 Å². The molecule has 2 unspecified atom stereocenters. The Morgan fingerprint density at radius 3 is 0.792 bits per heavy atom. The van der Waals surface area contributed by atoms with E-state index in [0.717, 1.165) is 133 Å². The number of esters is 4. The van der Waals surface area contributed by atoms with Gasteiger partial charge in [0.15, 0.2) is 23.1 Å². The molecule has 144 heavy (non-hydrogen) atoms. The molecule has 12 aliphatic rings. The van der Waals surface area contributed by atoms with E-state index in [4.69, 9.17) is 95.7 Å². The average molecular weight is 1990 g/mol. The number of carbonyl (C=O) groups is 10. The Kier molecular flexibility index (Phi) is 28.0. The number of benzene rings is 4. The highest BCUT2D eigenvalue weighted by Gasteiger charge is 2.62. The minimum Gasteiger partial charge on any atom is -0.497 e. The Balaban J connectivity index is 0.000000132. The average Bonchev–Trinajstić information content (AvgIpc) is 1.48. The number of fused-ring (bicyclic) bond motifs is 12. The van der Waals surface area contributed by atoms with Gasteiger partial charge < -0.3 is 86.0 Å². The van der Waals surface area contributed by atoms with E-state index >= 15 is 0 Å². The molecule has 0 radical (unpaired) electrons. The van der Waals surface area contributed by atoms with Crippen molar-refractivity contribution < 1.29 is 134 Å². The molecular weight excluding hydrogens is 1860 g/mol. The van der Waals surface area contributed by atoms with Crippen LogP contribution in [-0.2, 0) is 57.1 Å². The van der Waals surface area contributed by atoms with Crippen LogP contribution >= 0.6 is 0 Å². The molecule has 2 N–H and O–H groups in total. The van der Waals surface area contributed by atoms with Gasteiger partial charge in [-0.1, -0.05) is 25.7 Å². The zero-order valence-electron chi connectivity index (χ0n) is 85.8. The number of hydrogen-bond acceptors (Lipinski definition) is 32. The van der Waals surface area contributed by atoms with Crippen molar-refractivity contribution in [2.45, 2.75) is 316 Å². The SMILES string of the molecule is COC(=O)[C@@H]1C[C@@]2(CC(=O)c3c(c(C4CCC4)nc4ccc(OC)cc34)O2)CN1C(=O)OC(C)(C)C.COC(=O)[C@@H]1C[C@@]2(CC(O)c3c(c(C4CCC4)nc4ccc(OC)cc34)O2)CN1C(=O)OC(C)(C)C.COC(=O)[C@@H]1C[C@]2(CC(=O)c3c(c(C4CCC4)nc4ccc(OC)cc34)O2)CN1C(=O)OC(C)(C)C.COC(=O)[C@@H]1C[C@]2(CC(O)c3c(c(C4CCC4)nc4ccc(OC)cc34)O2)CN1C(=O)OC(C)(C)C. The van der Waals surface area contributed by atoms with Gasteiger partial charge in [0.05, 0.1) is 164 Å². The number of ether oxygens (including phenoxy) is 16. The predicted octanol–water partition coefficient (Wildman–Crippen LogP) is 17.3. The second-order valence-corrected chi connectivity index (χ2v) is 44.1. The van der Waals surface area contributed by atoms with E-state index in [2.05, 4.69) is 0 Å². The minimum absolute atomic E-state index is 0.0211. The highest BCUT2D eigenvalue weighted by Crippen LogP contribution is 2.58. The first-order chi connectivity index (χ1) is 68.2. The van der Waals surface area contributed by atoms with E-state index in [9.17, 15) is 58.2 Å². The van der Waals surface area contributed by atoms with Gasteiger partial charge in [-0.25, -0.2) is 58.3 Å². The van der Waals surface area contributed by atoms with E-state index in [1.165, 1.54) is 48.0 Å². The molecule has 8 aromatic rings. The van der Waals surface area contributed by atoms with Gasteiger partial charge in [0, 0.05) is 94.9 Å². The molecule has 0 bridgehead atoms. The number of aliphatic hydroxyl groups is 2. The normalized spacial score (nSPS) is 24.8. The van der Waals surface area contributed by atoms with Gasteiger partial charge in [0.2, 0.25) is 0 Å². The first-order valence-electron chi connectivity index (χ1n) is 49.7. The number of pyridine rings is 4. The summed E-state index contributed by atoms with van der Waals surface area (Å²) in [4.78, 5) is 156. The largest absolute Gasteiger partial charge is 0.497 e. The van der Waals surface area contributed by atoms with Crippen molar-refractivity contribution in [3.05, 3.63) is 118 Å². The fourth-order valence-corrected chi connectivity index (χ4v) is 21.8. The third-order valence-electron chi connectivity index (χ3n) is 29.3. The molecule has 8 fully saturated rings. The number of aromatic nitrogens is 4. The Morgan fingerprint density at radius 2 is 0.556 bits per heavy atom. The lowest BCUT2D eigenvalue weighted by atomic mass is 9.79. The zero-order valence-corrected chi connectivity index (χ0v) is 85.8. The zero-order chi connectivity index (χ0) is 103. The molecule has 772 valence electrons. The van der Waals surface area contributed by atoms with E-state index in [-0.39, 0.29) is 113 Å². The maximum Gasteiger partial charge on any atom is 0.411 e. The number of aliphatic hydroxyl groups excluding tert-OH is 2. The number of ketones is 2. The van der Waals surface area contributed by atoms with Gasteiger partial charge >= 0.3 is 48.3 Å². The lowest BCUT2D eigenvalue weighted by Gasteiger charge is -2.40. The van der Waals surface area contributed by atoms with Crippen molar-refractivity contribution in [2.75, 3.05) is 83.1 Å². The van der Waals surface area contributed by atoms with Crippen LogP contribution < -0.4 is 37.9 Å². The Morgan fingerprint density at radius 1 is 0.326 bits per heavy atom. The van der Waals surface area contributed by atoms with Crippen LogP contribution in [0.25, 0.3) is 43.6 Å². The number of rotatable bonds is 12. The number of methoxy groups -OCH3 is 8. The van der Waals surface area contributed by atoms with Gasteiger partial charge in [0.25, 0.3) is 0 Å². The number of amides is 4. The molecule has 8 aliphatic heterocycles. The van der Waals surface area contributed by atoms with Crippen LogP contribution in [0.5, 0.6) is 46.0 Å². The lowest BCUT2D eigenvalue weighted by molar-refractivity contribution is -0.146. The lowest BCUT2D eigenvalue weighted by Crippen LogP contribution is -2.47. The molecule has 4 saturated carbocycles. The van der Waals surface area contributed by atoms with Crippen molar-refractivity contribution in [3.8, 4) is 46.0 Å². The molecular formula is C108H132N8O28. The molecule has 36 heteroatoms. The summed E-state index contributed by atoms with van der Waals surface area (Å²) in [6.07, 6.45) is 9.18. The summed E-state index contributed by atoms with van der Waals surface area (Å²) >= 11 is 0. The number of carbonyl (C=O) groups excluding carboxylic acids is 10. The summed E-state index contributed by atoms with van der Waals surface area (Å²) in [5.41, 5.74) is 1.52. The fraction of sp³-hybridized carbons (Fsp3) is 0.574. The van der Waals surface area contributed by atoms with E-state index < -0.39 is 129 Å². The second-order valence-electron chi connectivity index (χ2n) is 44.1. The monoisotopic (exact) mass is 1990 g/mol. The number of Topliss-reactive ketones (excluding diaryl/α,β-unsaturated/α-hetero) is 2. The van der Waals surface area contributed by atoms with Crippen molar-refractivity contribution in [3.63, 3.8) is 0 Å². The van der Waals surface area contributed by atoms with E-state index in [1.54, 1.807) is 112 Å². The molecule has 10 atom stereocenters. The number of hydrogen-bond donors (Lipinski definition) is 2. The van der Waals surface area contributed by atoms with Crippen molar-refractivity contribution in [1.29, 1.82) is 0 Å². The molecule has 20 rings (SSSR count). The molecule has 4 amide bonds. The fourth-order valence-electron chi connectivity index (χ4n) is 21.8. The van der Waals surface area contributed by atoms with Crippen LogP contribution in [-0.4, -0.2) is 262 Å². The maximum absolute atomic E-state index is 13.8. The van der Waals surface area contributed by atoms with Crippen molar-refractivity contribution >= 4 is 103 Å². The van der Waals surface area contributed by atoms with Crippen LogP contribution in [0.3, 0.4) is 0 Å². The second kappa shape index (κ2) is 39.3. The summed E-state index contributed by atoms with van der Waals surface area (Å²) in [6.45, 7) is 21.5. The van der Waals surface area contributed by atoms with E-state index in [1.807, 2.05) is 72.8 Å². The number of nitrogens with zero attached hydrogens (tertiary/aromatic N) is 8. The van der Waals surface area contributed by atoms with Crippen LogP contribution in [0.1, 0.15) is 302 Å². The topological polar surface area (TPSA) is 423 Å². The van der Waals surface area contributed by atoms with Crippen molar-refractivity contribution in [1.82, 2.24) is 39.5 Å². The van der Waals surface area contributed by atoms with Crippen LogP contribution in [0.4, 0.5) is 19.2 Å². The molecule has 12 heterocycles. The van der Waals surface area contributed by atoms with Gasteiger partial charge in [-0.2, -0.15) is 0 Å². The molecule has 4 aromatic carbocycles. The van der Waals surface area contributed by atoms with Crippen LogP contribution in [0, 0.1) is 0 Å². The highest BCUT2D eigenvalue weighted by atomic mass is 16.6. The van der Waals surface area contributed by atoms with Crippen molar-refractivity contribution in [2.24, 2.45) is 0 Å². The molecule has 36 nitrogen and oxygen atoms in total. The smallest absolute Gasteiger partial charge is 0.411 e. The standard InChI is InChI=1S/2C27H34N2O7.2C27H32N2O7/c4*1-26(2,3)36-25(32)29-14-27(12-19(29)24(31)34-5)13-20(30)21-17-11-16(33-4)9-10-18(17)28-22(23(21)35-27)15-7-6-8-15/h2*9-11,15,19-20,30H,6-8,12-14H2,1-5H3;2*9-11,15,19H,6-8,12-14H2,1-5H3/t19-,20?,27+;19-,20?,27-;19-,27+;19-,27-/m0000/s1. The Hall–Kier alpha value is -12.9. The van der Waals surface area contributed by atoms with E-state index in [0.29, 0.717) is 79.0 Å². The maximum atomic E-state index is 13.8. The summed E-state index contributed by atoms with van der Waals surface area (Å²) in [7, 11) is 11.5. The van der Waals surface area contributed by atoms with Gasteiger partial charge in [-0.3, -0.25) is 29.2 Å². The Bertz CT molecular complexity index is 6040. The first-order valence-corrected chi connectivity index (χ1v) is 49.7.